The molecule has 0 fully saturated rings. The molecular formula is C17H18ClNO3S. The van der Waals surface area contributed by atoms with Gasteiger partial charge in [-0.3, -0.25) is 4.98 Å². The Labute approximate surface area is 141 Å². The third-order valence-corrected chi connectivity index (χ3v) is 4.46. The summed E-state index contributed by atoms with van der Waals surface area (Å²) in [4.78, 5) is 4.54. The lowest BCUT2D eigenvalue weighted by molar-refractivity contribution is 0.134. The molecule has 1 aromatic heterocycles. The molecule has 0 aliphatic heterocycles. The van der Waals surface area contributed by atoms with Crippen molar-refractivity contribution >= 4 is 27.5 Å². The van der Waals surface area contributed by atoms with E-state index in [1.165, 1.54) is 12.5 Å². The number of aromatic nitrogens is 1. The van der Waals surface area contributed by atoms with E-state index in [4.69, 9.17) is 11.6 Å². The van der Waals surface area contributed by atoms with Crippen LogP contribution in [0.1, 0.15) is 19.5 Å². The third-order valence-electron chi connectivity index (χ3n) is 3.13. The number of halogens is 1. The average molecular weight is 352 g/mol. The van der Waals surface area contributed by atoms with Gasteiger partial charge in [0.05, 0.1) is 21.2 Å². The Balaban J connectivity index is 2.50. The number of aliphatic hydroxyl groups is 1. The van der Waals surface area contributed by atoms with Crippen LogP contribution >= 0.6 is 11.6 Å². The number of sulfone groups is 1. The SMILES string of the molecule is CC(C)(O)C=Cc1ncc(Cl)cc1-c1ccc(S(C)(=O)=O)cc1. The van der Waals surface area contributed by atoms with Crippen LogP contribution in [0.25, 0.3) is 17.2 Å². The fourth-order valence-electron chi connectivity index (χ4n) is 1.98. The summed E-state index contributed by atoms with van der Waals surface area (Å²) in [7, 11) is -3.24. The van der Waals surface area contributed by atoms with E-state index < -0.39 is 15.4 Å². The second-order valence-corrected chi connectivity index (χ2v) is 8.32. The maximum Gasteiger partial charge on any atom is 0.175 e. The summed E-state index contributed by atoms with van der Waals surface area (Å²) in [5, 5.41) is 10.3. The van der Waals surface area contributed by atoms with Crippen LogP contribution in [0.4, 0.5) is 0 Å². The van der Waals surface area contributed by atoms with Crippen molar-refractivity contribution in [1.29, 1.82) is 0 Å². The third kappa shape index (κ3) is 4.89. The van der Waals surface area contributed by atoms with Crippen molar-refractivity contribution < 1.29 is 13.5 Å². The molecule has 0 aliphatic carbocycles. The highest BCUT2D eigenvalue weighted by Gasteiger charge is 2.11. The van der Waals surface area contributed by atoms with Gasteiger partial charge in [-0.2, -0.15) is 0 Å². The summed E-state index contributed by atoms with van der Waals surface area (Å²) in [5.74, 6) is 0. The molecule has 0 radical (unpaired) electrons. The zero-order valence-corrected chi connectivity index (χ0v) is 14.7. The van der Waals surface area contributed by atoms with Crippen molar-refractivity contribution in [3.63, 3.8) is 0 Å². The maximum atomic E-state index is 11.5. The lowest BCUT2D eigenvalue weighted by Gasteiger charge is -2.12. The van der Waals surface area contributed by atoms with Crippen LogP contribution in [0.2, 0.25) is 5.02 Å². The molecule has 23 heavy (non-hydrogen) atoms. The molecule has 1 aromatic carbocycles. The normalized spacial score (nSPS) is 12.7. The van der Waals surface area contributed by atoms with Crippen molar-refractivity contribution in [3.8, 4) is 11.1 Å². The van der Waals surface area contributed by atoms with Crippen LogP contribution in [0.5, 0.6) is 0 Å². The van der Waals surface area contributed by atoms with Gasteiger partial charge in [-0.1, -0.05) is 29.8 Å². The monoisotopic (exact) mass is 351 g/mol. The zero-order valence-electron chi connectivity index (χ0n) is 13.1. The topological polar surface area (TPSA) is 67.3 Å². The zero-order chi connectivity index (χ0) is 17.3. The van der Waals surface area contributed by atoms with E-state index in [-0.39, 0.29) is 4.90 Å². The van der Waals surface area contributed by atoms with E-state index in [1.807, 2.05) is 0 Å². The largest absolute Gasteiger partial charge is 0.386 e. The Morgan fingerprint density at radius 1 is 1.22 bits per heavy atom. The first-order chi connectivity index (χ1) is 10.6. The average Bonchev–Trinajstić information content (AvgIpc) is 2.44. The molecule has 0 amide bonds. The molecule has 4 nitrogen and oxygen atoms in total. The van der Waals surface area contributed by atoms with Crippen molar-refractivity contribution in [3.05, 3.63) is 53.3 Å². The second-order valence-electron chi connectivity index (χ2n) is 5.87. The number of nitrogens with zero attached hydrogens (tertiary/aromatic N) is 1. The number of hydrogen-bond donors (Lipinski definition) is 1. The van der Waals surface area contributed by atoms with Gasteiger partial charge in [-0.15, -0.1) is 0 Å². The molecule has 122 valence electrons. The Bertz CT molecular complexity index is 835. The second kappa shape index (κ2) is 6.43. The summed E-state index contributed by atoms with van der Waals surface area (Å²) in [6.07, 6.45) is 6.05. The van der Waals surface area contributed by atoms with Gasteiger partial charge < -0.3 is 5.11 Å². The van der Waals surface area contributed by atoms with Crippen LogP contribution in [0.3, 0.4) is 0 Å². The molecule has 0 aliphatic rings. The Morgan fingerprint density at radius 3 is 2.35 bits per heavy atom. The van der Waals surface area contributed by atoms with Gasteiger partial charge in [0.1, 0.15) is 0 Å². The van der Waals surface area contributed by atoms with Crippen molar-refractivity contribution in [2.75, 3.05) is 6.26 Å². The van der Waals surface area contributed by atoms with Crippen LogP contribution < -0.4 is 0 Å². The van der Waals surface area contributed by atoms with Gasteiger partial charge in [0, 0.05) is 18.0 Å². The van der Waals surface area contributed by atoms with Crippen LogP contribution in [-0.4, -0.2) is 30.4 Å². The highest BCUT2D eigenvalue weighted by atomic mass is 35.5. The van der Waals surface area contributed by atoms with Crippen molar-refractivity contribution in [2.45, 2.75) is 24.3 Å². The standard InChI is InChI=1S/C17H18ClNO3S/c1-17(2,20)9-8-16-15(10-13(18)11-19-16)12-4-6-14(7-5-12)23(3,21)22/h4-11,20H,1-3H3. The number of pyridine rings is 1. The van der Waals surface area contributed by atoms with Crippen LogP contribution in [0.15, 0.2) is 47.5 Å². The molecule has 0 saturated carbocycles. The van der Waals surface area contributed by atoms with E-state index in [2.05, 4.69) is 4.98 Å². The Kier molecular flexibility index (Phi) is 4.94. The van der Waals surface area contributed by atoms with Crippen molar-refractivity contribution in [2.24, 2.45) is 0 Å². The predicted molar refractivity (Wildman–Crippen MR) is 93.1 cm³/mol. The molecule has 0 saturated heterocycles. The van der Waals surface area contributed by atoms with Crippen LogP contribution in [-0.2, 0) is 9.84 Å². The minimum absolute atomic E-state index is 0.254. The van der Waals surface area contributed by atoms with Gasteiger partial charge in [0.25, 0.3) is 0 Å². The molecule has 1 N–H and O–H groups in total. The summed E-state index contributed by atoms with van der Waals surface area (Å²) >= 11 is 6.03. The summed E-state index contributed by atoms with van der Waals surface area (Å²) in [6, 6.07) is 8.29. The van der Waals surface area contributed by atoms with Gasteiger partial charge in [0.2, 0.25) is 0 Å². The van der Waals surface area contributed by atoms with E-state index in [9.17, 15) is 13.5 Å². The predicted octanol–water partition coefficient (Wildman–Crippen LogP) is 3.59. The highest BCUT2D eigenvalue weighted by molar-refractivity contribution is 7.90. The smallest absolute Gasteiger partial charge is 0.175 e. The molecule has 6 heteroatoms. The maximum absolute atomic E-state index is 11.5. The first-order valence-corrected chi connectivity index (χ1v) is 9.21. The number of hydrogen-bond acceptors (Lipinski definition) is 4. The molecule has 0 atom stereocenters. The molecule has 2 rings (SSSR count). The summed E-state index contributed by atoms with van der Waals surface area (Å²) in [6.45, 7) is 3.33. The molecule has 2 aromatic rings. The highest BCUT2D eigenvalue weighted by Crippen LogP contribution is 2.28. The van der Waals surface area contributed by atoms with Gasteiger partial charge in [-0.25, -0.2) is 8.42 Å². The van der Waals surface area contributed by atoms with Gasteiger partial charge >= 0.3 is 0 Å². The lowest BCUT2D eigenvalue weighted by Crippen LogP contribution is -2.13. The van der Waals surface area contributed by atoms with E-state index in [1.54, 1.807) is 56.3 Å². The fraction of sp³-hybridized carbons (Fsp3) is 0.235. The molecule has 0 spiro atoms. The lowest BCUT2D eigenvalue weighted by atomic mass is 10.0. The molecule has 0 bridgehead atoms. The van der Waals surface area contributed by atoms with Crippen molar-refractivity contribution in [1.82, 2.24) is 4.98 Å². The minimum Gasteiger partial charge on any atom is -0.386 e. The fourth-order valence-corrected chi connectivity index (χ4v) is 2.77. The first kappa shape index (κ1) is 17.7. The van der Waals surface area contributed by atoms with Gasteiger partial charge in [-0.05, 0) is 43.7 Å². The van der Waals surface area contributed by atoms with E-state index in [0.717, 1.165) is 11.1 Å². The number of benzene rings is 1. The number of rotatable bonds is 4. The first-order valence-electron chi connectivity index (χ1n) is 6.94. The molecule has 1 heterocycles. The van der Waals surface area contributed by atoms with E-state index >= 15 is 0 Å². The van der Waals surface area contributed by atoms with Crippen LogP contribution in [0, 0.1) is 0 Å². The summed E-state index contributed by atoms with van der Waals surface area (Å²) < 4.78 is 23.1. The molecular weight excluding hydrogens is 334 g/mol. The quantitative estimate of drug-likeness (QED) is 0.914. The molecule has 0 unspecified atom stereocenters. The Morgan fingerprint density at radius 2 is 1.83 bits per heavy atom. The Hall–Kier alpha value is -1.69. The van der Waals surface area contributed by atoms with E-state index in [0.29, 0.717) is 10.7 Å². The minimum atomic E-state index is -3.24. The van der Waals surface area contributed by atoms with Gasteiger partial charge in [0.15, 0.2) is 9.84 Å². The summed E-state index contributed by atoms with van der Waals surface area (Å²) in [5.41, 5.74) is 1.24.